The van der Waals surface area contributed by atoms with Crippen molar-refractivity contribution in [3.63, 3.8) is 0 Å². The van der Waals surface area contributed by atoms with E-state index in [9.17, 15) is 28.0 Å². The van der Waals surface area contributed by atoms with E-state index in [0.717, 1.165) is 11.1 Å². The fourth-order valence-electron chi connectivity index (χ4n) is 4.40. The maximum Gasteiger partial charge on any atom is 0.455 e. The monoisotopic (exact) mass is 663 g/mol. The van der Waals surface area contributed by atoms with Crippen molar-refractivity contribution in [3.8, 4) is 11.8 Å². The average molecular weight is 664 g/mol. The van der Waals surface area contributed by atoms with Gasteiger partial charge in [-0.05, 0) is 60.5 Å². The number of benzene rings is 3. The van der Waals surface area contributed by atoms with Gasteiger partial charge in [0.2, 0.25) is 0 Å². The van der Waals surface area contributed by atoms with Crippen LogP contribution in [0.4, 0.5) is 18.9 Å². The summed E-state index contributed by atoms with van der Waals surface area (Å²) in [6.45, 7) is 7.45. The van der Waals surface area contributed by atoms with Crippen LogP contribution in [-0.4, -0.2) is 41.8 Å². The highest BCUT2D eigenvalue weighted by molar-refractivity contribution is 6.32. The Morgan fingerprint density at radius 1 is 0.979 bits per heavy atom. The van der Waals surface area contributed by atoms with E-state index < -0.39 is 23.8 Å². The molecular formula is C32H29ClF3N9O2. The molecule has 0 aliphatic rings. The van der Waals surface area contributed by atoms with E-state index in [2.05, 4.69) is 31.1 Å². The van der Waals surface area contributed by atoms with Gasteiger partial charge >= 0.3 is 6.18 Å². The average Bonchev–Trinajstić information content (AvgIpc) is 3.70. The molecule has 0 aliphatic heterocycles. The fourth-order valence-corrected chi connectivity index (χ4v) is 4.62. The number of nitrogens with one attached hydrogen (secondary N) is 2. The molecule has 5 aromatic rings. The number of amides is 2. The van der Waals surface area contributed by atoms with Crippen LogP contribution in [0.25, 0.3) is 5.69 Å². The maximum absolute atomic E-state index is 13.8. The van der Waals surface area contributed by atoms with Crippen molar-refractivity contribution in [2.45, 2.75) is 47.0 Å². The molecule has 5 rings (SSSR count). The highest BCUT2D eigenvalue weighted by Crippen LogP contribution is 2.27. The first kappa shape index (κ1) is 34.3. The number of rotatable bonds is 8. The lowest BCUT2D eigenvalue weighted by Crippen LogP contribution is -2.26. The van der Waals surface area contributed by atoms with Crippen molar-refractivity contribution >= 4 is 29.1 Å². The molecule has 0 aliphatic carbocycles. The molecule has 0 saturated heterocycles. The third-order valence-electron chi connectivity index (χ3n) is 6.60. The van der Waals surface area contributed by atoms with Crippen molar-refractivity contribution < 1.29 is 22.8 Å². The highest BCUT2D eigenvalue weighted by atomic mass is 35.5. The first-order chi connectivity index (χ1) is 22.4. The van der Waals surface area contributed by atoms with E-state index in [-0.39, 0.29) is 46.3 Å². The predicted molar refractivity (Wildman–Crippen MR) is 168 cm³/mol. The van der Waals surface area contributed by atoms with Gasteiger partial charge in [-0.15, -0.1) is 10.2 Å². The molecule has 0 atom stereocenters. The summed E-state index contributed by atoms with van der Waals surface area (Å²) in [7, 11) is 0. The summed E-state index contributed by atoms with van der Waals surface area (Å²) in [6.07, 6.45) is -4.79. The number of nitrogens with zero attached hydrogens (tertiary/aromatic N) is 7. The number of carbonyl (C=O) groups excluding carboxylic acids is 2. The molecule has 0 fully saturated rings. The van der Waals surface area contributed by atoms with Gasteiger partial charge in [-0.1, -0.05) is 67.4 Å². The van der Waals surface area contributed by atoms with E-state index in [1.165, 1.54) is 22.9 Å². The highest BCUT2D eigenvalue weighted by Gasteiger charge is 2.37. The first-order valence-electron chi connectivity index (χ1n) is 14.3. The zero-order chi connectivity index (χ0) is 34.3. The van der Waals surface area contributed by atoms with E-state index in [1.54, 1.807) is 31.2 Å². The Bertz CT molecular complexity index is 1940. The van der Waals surface area contributed by atoms with Crippen LogP contribution >= 0.6 is 11.6 Å². The molecule has 47 heavy (non-hydrogen) atoms. The molecule has 11 nitrogen and oxygen atoms in total. The van der Waals surface area contributed by atoms with Crippen molar-refractivity contribution in [2.75, 3.05) is 5.32 Å². The van der Waals surface area contributed by atoms with Crippen LogP contribution in [0.3, 0.4) is 0 Å². The van der Waals surface area contributed by atoms with Crippen LogP contribution < -0.4 is 10.6 Å². The number of nitriles is 1. The standard InChI is InChI=1S/C30H23ClF3N9O2.C2H6/c1-17-7-9-19(10-8-17)15-36-27(44)22-12-20(14-35)11-18(2)26(22)37-28(45)25-13-21(16-42-40-29(38-41-42)30(32,33)34)39-43(25)24-6-4-3-5-23(24)31;1-2/h3-13H,15-16H2,1-2H3,(H,36,44)(H,37,45);1-2H3. The second-order valence-corrected chi connectivity index (χ2v) is 10.4. The minimum Gasteiger partial charge on any atom is -0.348 e. The zero-order valence-corrected chi connectivity index (χ0v) is 26.5. The van der Waals surface area contributed by atoms with Gasteiger partial charge < -0.3 is 10.6 Å². The second-order valence-electron chi connectivity index (χ2n) is 9.98. The normalized spacial score (nSPS) is 10.9. The van der Waals surface area contributed by atoms with Crippen LogP contribution in [0.1, 0.15) is 68.5 Å². The van der Waals surface area contributed by atoms with Gasteiger partial charge in [-0.2, -0.15) is 28.3 Å². The van der Waals surface area contributed by atoms with E-state index >= 15 is 0 Å². The van der Waals surface area contributed by atoms with Gasteiger partial charge in [0.05, 0.1) is 39.3 Å². The Morgan fingerprint density at radius 2 is 1.68 bits per heavy atom. The van der Waals surface area contributed by atoms with Crippen LogP contribution in [0.2, 0.25) is 5.02 Å². The maximum atomic E-state index is 13.8. The molecule has 0 unspecified atom stereocenters. The second kappa shape index (κ2) is 14.7. The van der Waals surface area contributed by atoms with Crippen molar-refractivity contribution in [2.24, 2.45) is 0 Å². The number of hydrogen-bond donors (Lipinski definition) is 2. The van der Waals surface area contributed by atoms with Gasteiger partial charge in [-0.25, -0.2) is 4.68 Å². The Kier molecular flexibility index (Phi) is 10.7. The largest absolute Gasteiger partial charge is 0.455 e. The van der Waals surface area contributed by atoms with E-state index in [4.69, 9.17) is 11.6 Å². The number of para-hydroxylation sites is 1. The number of aromatic nitrogens is 6. The summed E-state index contributed by atoms with van der Waals surface area (Å²) < 4.78 is 40.2. The van der Waals surface area contributed by atoms with E-state index in [1.807, 2.05) is 51.1 Å². The van der Waals surface area contributed by atoms with Crippen molar-refractivity contribution in [1.29, 1.82) is 5.26 Å². The molecule has 2 aromatic heterocycles. The molecule has 0 spiro atoms. The number of tetrazole rings is 1. The lowest BCUT2D eigenvalue weighted by Gasteiger charge is -2.16. The minimum atomic E-state index is -4.79. The summed E-state index contributed by atoms with van der Waals surface area (Å²) in [5, 5.41) is 29.5. The number of hydrogen-bond acceptors (Lipinski definition) is 7. The Balaban J connectivity index is 0.00000245. The lowest BCUT2D eigenvalue weighted by molar-refractivity contribution is -0.145. The number of carbonyl (C=O) groups is 2. The quantitative estimate of drug-likeness (QED) is 0.199. The minimum absolute atomic E-state index is 0.0518. The number of aryl methyl sites for hydroxylation is 2. The van der Waals surface area contributed by atoms with Gasteiger partial charge in [0.25, 0.3) is 17.6 Å². The summed E-state index contributed by atoms with van der Waals surface area (Å²) >= 11 is 6.40. The van der Waals surface area contributed by atoms with Crippen LogP contribution in [0.15, 0.2) is 66.7 Å². The Labute approximate surface area is 273 Å². The lowest BCUT2D eigenvalue weighted by atomic mass is 10.0. The molecule has 0 saturated carbocycles. The first-order valence-corrected chi connectivity index (χ1v) is 14.7. The number of halogens is 4. The van der Waals surface area contributed by atoms with Gasteiger partial charge in [0.1, 0.15) is 12.2 Å². The van der Waals surface area contributed by atoms with Crippen molar-refractivity contribution in [1.82, 2.24) is 35.3 Å². The van der Waals surface area contributed by atoms with Crippen LogP contribution in [-0.2, 0) is 19.3 Å². The molecule has 0 bridgehead atoms. The van der Waals surface area contributed by atoms with E-state index in [0.29, 0.717) is 16.0 Å². The summed E-state index contributed by atoms with van der Waals surface area (Å²) in [5.41, 5.74) is 3.17. The summed E-state index contributed by atoms with van der Waals surface area (Å²) in [4.78, 5) is 27.8. The molecule has 2 heterocycles. The third kappa shape index (κ3) is 8.19. The molecule has 2 amide bonds. The molecular weight excluding hydrogens is 635 g/mol. The number of alkyl halides is 3. The van der Waals surface area contributed by atoms with Crippen LogP contribution in [0.5, 0.6) is 0 Å². The SMILES string of the molecule is CC.Cc1ccc(CNC(=O)c2cc(C#N)cc(C)c2NC(=O)c2cc(Cn3nnc(C(F)(F)F)n3)nn2-c2ccccc2Cl)cc1. The summed E-state index contributed by atoms with van der Waals surface area (Å²) in [6, 6.07) is 20.4. The Morgan fingerprint density at radius 3 is 2.32 bits per heavy atom. The molecule has 242 valence electrons. The van der Waals surface area contributed by atoms with Gasteiger partial charge in [-0.3, -0.25) is 9.59 Å². The smallest absolute Gasteiger partial charge is 0.348 e. The van der Waals surface area contributed by atoms with Crippen molar-refractivity contribution in [3.05, 3.63) is 117 Å². The van der Waals surface area contributed by atoms with Gasteiger partial charge in [0, 0.05) is 6.54 Å². The topological polar surface area (TPSA) is 143 Å². The number of anilines is 1. The fraction of sp³-hybridized carbons (Fsp3) is 0.219. The third-order valence-corrected chi connectivity index (χ3v) is 6.92. The zero-order valence-electron chi connectivity index (χ0n) is 25.7. The summed E-state index contributed by atoms with van der Waals surface area (Å²) in [5.74, 6) is -2.66. The molecule has 3 aromatic carbocycles. The van der Waals surface area contributed by atoms with Crippen LogP contribution in [0, 0.1) is 25.2 Å². The molecule has 2 N–H and O–H groups in total. The predicted octanol–water partition coefficient (Wildman–Crippen LogP) is 6.28. The molecule has 15 heteroatoms. The van der Waals surface area contributed by atoms with Gasteiger partial charge in [0.15, 0.2) is 0 Å². The Hall–Kier alpha value is -5.55. The molecule has 0 radical (unpaired) electrons.